The van der Waals surface area contributed by atoms with Crippen molar-refractivity contribution in [3.63, 3.8) is 0 Å². The van der Waals surface area contributed by atoms with Crippen LogP contribution in [0.1, 0.15) is 18.0 Å². The van der Waals surface area contributed by atoms with Crippen LogP contribution < -0.4 is 21.3 Å². The summed E-state index contributed by atoms with van der Waals surface area (Å²) in [4.78, 5) is 46.0. The molecule has 20 nitrogen and oxygen atoms in total. The number of imidazole rings is 1. The van der Waals surface area contributed by atoms with Crippen LogP contribution in [0.2, 0.25) is 0 Å². The maximum atomic E-state index is 12.4. The fourth-order valence-electron chi connectivity index (χ4n) is 5.33. The fraction of sp³-hybridized carbons (Fsp3) is 0.370. The molecule has 0 aliphatic heterocycles. The molecule has 6 rings (SSSR count). The zero-order valence-corrected chi connectivity index (χ0v) is 24.9. The first kappa shape index (κ1) is 31.4. The molecule has 1 aromatic carbocycles. The van der Waals surface area contributed by atoms with Crippen LogP contribution in [0.5, 0.6) is 0 Å². The molecule has 0 bridgehead atoms. The summed E-state index contributed by atoms with van der Waals surface area (Å²) in [5.74, 6) is -0.458. The molecule has 5 aromatic rings. The summed E-state index contributed by atoms with van der Waals surface area (Å²) in [5, 5.41) is 59.9. The molecule has 20 heteroatoms. The van der Waals surface area contributed by atoms with Gasteiger partial charge in [0, 0.05) is 7.05 Å². The van der Waals surface area contributed by atoms with E-state index in [0.29, 0.717) is 11.9 Å². The second-order valence-electron chi connectivity index (χ2n) is 10.9. The van der Waals surface area contributed by atoms with Gasteiger partial charge in [-0.1, -0.05) is 30.3 Å². The lowest BCUT2D eigenvalue weighted by Crippen LogP contribution is -2.44. The number of aliphatic hydroxyl groups excluding tert-OH is 4. The number of benzene rings is 1. The van der Waals surface area contributed by atoms with Crippen molar-refractivity contribution in [2.24, 2.45) is 7.05 Å². The van der Waals surface area contributed by atoms with Gasteiger partial charge in [0.2, 0.25) is 11.9 Å². The molecule has 0 saturated heterocycles. The number of nitrogens with zero attached hydrogens (tertiary/aromatic N) is 10. The number of urea groups is 1. The summed E-state index contributed by atoms with van der Waals surface area (Å²) >= 11 is 0. The standard InChI is InChI=1S/C27H32N14O6/c1-39-11-29-24(37-39)35-27(47)36-25-30-13-41(38-25)26-33-22(31-15(9-42)7-14-5-3-2-4-6-14)19-23(34-26)40(12-28-19)17-8-16(20(45)21(17)46)32-18(44)10-43/h2-6,11-13,15-17,20-21,42-43,45-46H,7-10H2,1H3,(H,32,44)(H,31,33,34)(H2,35,36,37,38,47)/t15-,16-,17+,20+,21-/m0/s1. The summed E-state index contributed by atoms with van der Waals surface area (Å²) in [7, 11) is 1.65. The maximum Gasteiger partial charge on any atom is 0.328 e. The number of hydrogen-bond donors (Lipinski definition) is 8. The summed E-state index contributed by atoms with van der Waals surface area (Å²) in [6, 6.07) is 6.77. The van der Waals surface area contributed by atoms with E-state index in [0.717, 1.165) is 5.56 Å². The predicted octanol–water partition coefficient (Wildman–Crippen LogP) is -1.66. The number of carbonyl (C=O) groups excluding carboxylic acids is 2. The third kappa shape index (κ3) is 6.84. The van der Waals surface area contributed by atoms with Gasteiger partial charge in [0.1, 0.15) is 31.5 Å². The van der Waals surface area contributed by atoms with E-state index in [4.69, 9.17) is 5.11 Å². The molecule has 0 spiro atoms. The summed E-state index contributed by atoms with van der Waals surface area (Å²) < 4.78 is 4.19. The second-order valence-corrected chi connectivity index (χ2v) is 10.9. The van der Waals surface area contributed by atoms with Gasteiger partial charge in [0.15, 0.2) is 17.0 Å². The number of nitrogens with one attached hydrogen (secondary N) is 4. The van der Waals surface area contributed by atoms with Crippen molar-refractivity contribution < 1.29 is 30.0 Å². The van der Waals surface area contributed by atoms with Crippen LogP contribution >= 0.6 is 0 Å². The number of aryl methyl sites for hydroxylation is 1. The molecule has 1 aliphatic rings. The first-order chi connectivity index (χ1) is 22.7. The Hall–Kier alpha value is -5.57. The molecule has 5 atom stereocenters. The van der Waals surface area contributed by atoms with E-state index in [1.165, 1.54) is 28.3 Å². The van der Waals surface area contributed by atoms with Crippen LogP contribution in [-0.2, 0) is 18.3 Å². The van der Waals surface area contributed by atoms with Crippen molar-refractivity contribution >= 4 is 40.8 Å². The molecule has 1 fully saturated rings. The molecule has 4 heterocycles. The van der Waals surface area contributed by atoms with Crippen molar-refractivity contribution in [2.75, 3.05) is 29.2 Å². The molecule has 1 saturated carbocycles. The third-order valence-corrected chi connectivity index (χ3v) is 7.54. The second kappa shape index (κ2) is 13.4. The Balaban J connectivity index is 1.33. The molecule has 4 aromatic heterocycles. The van der Waals surface area contributed by atoms with Crippen LogP contribution in [0.4, 0.5) is 22.5 Å². The highest BCUT2D eigenvalue weighted by molar-refractivity contribution is 5.97. The lowest BCUT2D eigenvalue weighted by Gasteiger charge is -2.19. The number of carbonyl (C=O) groups is 2. The van der Waals surface area contributed by atoms with E-state index >= 15 is 0 Å². The van der Waals surface area contributed by atoms with Crippen molar-refractivity contribution in [1.29, 1.82) is 0 Å². The van der Waals surface area contributed by atoms with Crippen molar-refractivity contribution in [3.05, 3.63) is 54.9 Å². The monoisotopic (exact) mass is 648 g/mol. The first-order valence-corrected chi connectivity index (χ1v) is 14.5. The van der Waals surface area contributed by atoms with E-state index in [1.807, 2.05) is 30.3 Å². The summed E-state index contributed by atoms with van der Waals surface area (Å²) in [6.07, 6.45) is 2.05. The van der Waals surface area contributed by atoms with Gasteiger partial charge in [-0.3, -0.25) is 20.1 Å². The van der Waals surface area contributed by atoms with Crippen molar-refractivity contribution in [3.8, 4) is 5.95 Å². The van der Waals surface area contributed by atoms with E-state index in [2.05, 4.69) is 56.4 Å². The zero-order chi connectivity index (χ0) is 33.1. The van der Waals surface area contributed by atoms with Gasteiger partial charge >= 0.3 is 6.03 Å². The number of amides is 3. The Morgan fingerprint density at radius 2 is 1.70 bits per heavy atom. The number of fused-ring (bicyclic) bond motifs is 1. The van der Waals surface area contributed by atoms with Gasteiger partial charge < -0.3 is 35.6 Å². The topological polar surface area (TPSA) is 268 Å². The van der Waals surface area contributed by atoms with Gasteiger partial charge in [-0.05, 0) is 18.4 Å². The zero-order valence-electron chi connectivity index (χ0n) is 24.9. The molecule has 1 aliphatic carbocycles. The van der Waals surface area contributed by atoms with Gasteiger partial charge in [0.25, 0.3) is 11.9 Å². The Labute approximate surface area is 265 Å². The normalized spacial score (nSPS) is 19.9. The molecular formula is C27H32N14O6. The van der Waals surface area contributed by atoms with Crippen LogP contribution in [0.3, 0.4) is 0 Å². The minimum absolute atomic E-state index is 0.00340. The first-order valence-electron chi connectivity index (χ1n) is 14.5. The Morgan fingerprint density at radius 1 is 0.957 bits per heavy atom. The summed E-state index contributed by atoms with van der Waals surface area (Å²) in [5.41, 5.74) is 1.51. The quantitative estimate of drug-likeness (QED) is 0.0797. The highest BCUT2D eigenvalue weighted by atomic mass is 16.3. The maximum absolute atomic E-state index is 12.4. The average molecular weight is 649 g/mol. The van der Waals surface area contributed by atoms with Gasteiger partial charge in [0.05, 0.1) is 31.1 Å². The highest BCUT2D eigenvalue weighted by Crippen LogP contribution is 2.34. The number of hydrogen-bond acceptors (Lipinski definition) is 14. The number of aliphatic hydroxyl groups is 4. The average Bonchev–Trinajstić information content (AvgIpc) is 3.86. The predicted molar refractivity (Wildman–Crippen MR) is 163 cm³/mol. The van der Waals surface area contributed by atoms with Crippen LogP contribution in [-0.4, -0.2) is 119 Å². The Morgan fingerprint density at radius 3 is 2.40 bits per heavy atom. The van der Waals surface area contributed by atoms with Gasteiger partial charge in [-0.2, -0.15) is 19.6 Å². The van der Waals surface area contributed by atoms with Crippen molar-refractivity contribution in [1.82, 2.24) is 54.4 Å². The summed E-state index contributed by atoms with van der Waals surface area (Å²) in [6.45, 7) is -1.01. The van der Waals surface area contributed by atoms with E-state index in [1.54, 1.807) is 11.6 Å². The third-order valence-electron chi connectivity index (χ3n) is 7.54. The lowest BCUT2D eigenvalue weighted by atomic mass is 10.1. The number of aromatic nitrogens is 10. The highest BCUT2D eigenvalue weighted by Gasteiger charge is 2.44. The SMILES string of the molecule is Cn1cnc(NC(=O)Nc2ncn(-c3nc(N[C@H](CO)Cc4ccccc4)c4ncn([C@@H]5C[C@H](NC(=O)CO)[C@@H](O)[C@H]5O)c4n3)n2)n1. The molecule has 8 N–H and O–H groups in total. The van der Waals surface area contributed by atoms with Gasteiger partial charge in [-0.25, -0.2) is 14.8 Å². The molecule has 246 valence electrons. The Kier molecular flexibility index (Phi) is 8.97. The van der Waals surface area contributed by atoms with Crippen LogP contribution in [0, 0.1) is 0 Å². The number of rotatable bonds is 11. The largest absolute Gasteiger partial charge is 0.394 e. The lowest BCUT2D eigenvalue weighted by molar-refractivity contribution is -0.125. The van der Waals surface area contributed by atoms with E-state index in [9.17, 15) is 24.9 Å². The molecule has 0 radical (unpaired) electrons. The fourth-order valence-corrected chi connectivity index (χ4v) is 5.33. The van der Waals surface area contributed by atoms with Crippen LogP contribution in [0.15, 0.2) is 49.3 Å². The number of anilines is 3. The van der Waals surface area contributed by atoms with Crippen molar-refractivity contribution in [2.45, 2.75) is 43.2 Å². The van der Waals surface area contributed by atoms with E-state index < -0.39 is 48.9 Å². The Bertz CT molecular complexity index is 1860. The molecule has 3 amide bonds. The minimum Gasteiger partial charge on any atom is -0.394 e. The smallest absolute Gasteiger partial charge is 0.328 e. The minimum atomic E-state index is -1.33. The molecule has 0 unspecified atom stereocenters. The van der Waals surface area contributed by atoms with Gasteiger partial charge in [-0.15, -0.1) is 10.2 Å². The van der Waals surface area contributed by atoms with Crippen LogP contribution in [0.25, 0.3) is 17.1 Å². The molecule has 47 heavy (non-hydrogen) atoms. The molecular weight excluding hydrogens is 616 g/mol. The van der Waals surface area contributed by atoms with E-state index in [-0.39, 0.29) is 42.3 Å².